The summed E-state index contributed by atoms with van der Waals surface area (Å²) in [7, 11) is 1.38. The number of aromatic nitrogens is 4. The Kier molecular flexibility index (Phi) is 9.31. The van der Waals surface area contributed by atoms with Crippen molar-refractivity contribution in [3.05, 3.63) is 6.33 Å². The number of imidazole rings is 1. The first kappa shape index (κ1) is 31.9. The summed E-state index contributed by atoms with van der Waals surface area (Å²) >= 11 is 0.661. The molecule has 0 unspecified atom stereocenters. The summed E-state index contributed by atoms with van der Waals surface area (Å²) in [4.78, 5) is 48.2. The summed E-state index contributed by atoms with van der Waals surface area (Å²) in [5, 5.41) is 29.3. The van der Waals surface area contributed by atoms with Gasteiger partial charge in [-0.05, 0) is 27.7 Å². The van der Waals surface area contributed by atoms with E-state index < -0.39 is 73.5 Å². The molecule has 4 heterocycles. The highest BCUT2D eigenvalue weighted by Crippen LogP contribution is 2.57. The molecule has 232 valence electrons. The number of methoxy groups -OCH3 is 1. The van der Waals surface area contributed by atoms with Gasteiger partial charge in [-0.1, -0.05) is 11.4 Å². The maximum atomic E-state index is 13.9. The van der Waals surface area contributed by atoms with Gasteiger partial charge in [0.2, 0.25) is 11.8 Å². The molecule has 4 rings (SSSR count). The van der Waals surface area contributed by atoms with Crippen LogP contribution in [-0.4, -0.2) is 103 Å². The molecule has 0 radical (unpaired) electrons. The number of hydrogen-bond donors (Lipinski definition) is 6. The van der Waals surface area contributed by atoms with E-state index in [0.717, 1.165) is 0 Å². The third kappa shape index (κ3) is 6.61. The number of hydrogen-bond acceptors (Lipinski definition) is 15. The molecule has 2 saturated heterocycles. The molecular formula is C22H33N8O10PS. The minimum atomic E-state index is -4.04. The number of esters is 1. The van der Waals surface area contributed by atoms with Crippen LogP contribution in [0.25, 0.3) is 11.2 Å². The minimum Gasteiger partial charge on any atom is -0.479 e. The number of carbonyl (C=O) groups excluding carboxylic acids is 3. The van der Waals surface area contributed by atoms with E-state index in [0.29, 0.717) is 11.4 Å². The number of anilines is 1. The largest absolute Gasteiger partial charge is 0.479 e. The summed E-state index contributed by atoms with van der Waals surface area (Å²) in [6.07, 6.45) is -3.16. The number of urea groups is 1. The summed E-state index contributed by atoms with van der Waals surface area (Å²) < 4.78 is 37.2. The van der Waals surface area contributed by atoms with Crippen molar-refractivity contribution in [2.24, 2.45) is 0 Å². The van der Waals surface area contributed by atoms with Crippen molar-refractivity contribution < 1.29 is 47.9 Å². The third-order valence-electron chi connectivity index (χ3n) is 6.34. The quantitative estimate of drug-likeness (QED) is 0.0972. The number of imide groups is 1. The first-order valence-electron chi connectivity index (χ1n) is 12.7. The molecule has 0 bridgehead atoms. The zero-order valence-electron chi connectivity index (χ0n) is 23.3. The van der Waals surface area contributed by atoms with Gasteiger partial charge in [-0.2, -0.15) is 9.97 Å². The van der Waals surface area contributed by atoms with Gasteiger partial charge >= 0.3 is 18.7 Å². The van der Waals surface area contributed by atoms with Gasteiger partial charge in [0.15, 0.2) is 17.4 Å². The fraction of sp³-hybridized carbons (Fsp3) is 0.636. The van der Waals surface area contributed by atoms with Crippen LogP contribution in [0.4, 0.5) is 10.7 Å². The lowest BCUT2D eigenvalue weighted by atomic mass is 9.96. The number of aliphatic hydroxyl groups excluding tert-OH is 1. The zero-order chi connectivity index (χ0) is 31.0. The fourth-order valence-electron chi connectivity index (χ4n) is 4.25. The highest BCUT2D eigenvalue weighted by atomic mass is 32.7. The molecule has 2 aliphatic rings. The van der Waals surface area contributed by atoms with Crippen molar-refractivity contribution in [3.63, 3.8) is 0 Å². The van der Waals surface area contributed by atoms with Crippen LogP contribution >= 0.6 is 18.1 Å². The van der Waals surface area contributed by atoms with Gasteiger partial charge in [0, 0.05) is 5.75 Å². The molecule has 42 heavy (non-hydrogen) atoms. The maximum absolute atomic E-state index is 13.9. The van der Waals surface area contributed by atoms with Crippen molar-refractivity contribution in [2.45, 2.75) is 69.9 Å². The van der Waals surface area contributed by atoms with E-state index in [9.17, 15) is 29.2 Å². The molecule has 0 aromatic carbocycles. The highest BCUT2D eigenvalue weighted by molar-refractivity contribution is 8.56. The van der Waals surface area contributed by atoms with Gasteiger partial charge in [0.05, 0.1) is 26.1 Å². The Morgan fingerprint density at radius 3 is 2.69 bits per heavy atom. The first-order chi connectivity index (χ1) is 19.6. The van der Waals surface area contributed by atoms with Crippen LogP contribution in [0.5, 0.6) is 5.88 Å². The number of nitrogens with two attached hydrogens (primary N) is 1. The number of nitrogens with zero attached hydrogens (tertiary/aromatic N) is 4. The Labute approximate surface area is 243 Å². The van der Waals surface area contributed by atoms with Gasteiger partial charge in [-0.15, -0.1) is 0 Å². The van der Waals surface area contributed by atoms with Crippen molar-refractivity contribution in [1.82, 2.24) is 35.2 Å². The van der Waals surface area contributed by atoms with E-state index in [1.807, 2.05) is 0 Å². The lowest BCUT2D eigenvalue weighted by Crippen LogP contribution is -2.44. The van der Waals surface area contributed by atoms with Crippen LogP contribution < -0.4 is 26.2 Å². The van der Waals surface area contributed by atoms with Crippen molar-refractivity contribution in [2.75, 3.05) is 25.2 Å². The van der Waals surface area contributed by atoms with Gasteiger partial charge in [0.1, 0.15) is 29.9 Å². The normalized spacial score (nSPS) is 28.0. The van der Waals surface area contributed by atoms with E-state index >= 15 is 0 Å². The monoisotopic (exact) mass is 632 g/mol. The summed E-state index contributed by atoms with van der Waals surface area (Å²) in [5.41, 5.74) is 4.26. The molecule has 0 spiro atoms. The number of amides is 3. The predicted molar refractivity (Wildman–Crippen MR) is 147 cm³/mol. The number of carbonyl (C=O) groups is 3. The smallest absolute Gasteiger partial charge is 0.327 e. The van der Waals surface area contributed by atoms with Crippen molar-refractivity contribution >= 4 is 53.1 Å². The summed E-state index contributed by atoms with van der Waals surface area (Å²) in [6, 6.07) is -2.80. The Morgan fingerprint density at radius 2 is 2.07 bits per heavy atom. The van der Waals surface area contributed by atoms with Gasteiger partial charge in [-0.3, -0.25) is 24.0 Å². The molecule has 0 saturated carbocycles. The van der Waals surface area contributed by atoms with Crippen molar-refractivity contribution in [3.8, 4) is 5.88 Å². The van der Waals surface area contributed by atoms with E-state index in [4.69, 9.17) is 24.5 Å². The summed E-state index contributed by atoms with van der Waals surface area (Å²) in [6.45, 7) is 1.48. The topological polar surface area (TPSA) is 251 Å². The molecular weight excluding hydrogens is 599 g/mol. The van der Waals surface area contributed by atoms with Crippen LogP contribution in [0.2, 0.25) is 0 Å². The number of aliphatic hydroxyl groups is 2. The Morgan fingerprint density at radius 1 is 1.36 bits per heavy atom. The van der Waals surface area contributed by atoms with Gasteiger partial charge in [0.25, 0.3) is 5.91 Å². The van der Waals surface area contributed by atoms with Crippen LogP contribution in [0.1, 0.15) is 33.9 Å². The van der Waals surface area contributed by atoms with E-state index in [1.165, 1.54) is 31.9 Å². The van der Waals surface area contributed by atoms with Crippen LogP contribution in [-0.2, 0) is 28.2 Å². The second-order valence-corrected chi connectivity index (χ2v) is 14.4. The molecule has 0 aliphatic carbocycles. The van der Waals surface area contributed by atoms with Gasteiger partial charge in [-0.25, -0.2) is 14.9 Å². The predicted octanol–water partition coefficient (Wildman–Crippen LogP) is -0.578. The molecule has 18 nitrogen and oxygen atoms in total. The Hall–Kier alpha value is -3.06. The van der Waals surface area contributed by atoms with E-state index in [-0.39, 0.29) is 28.7 Å². The average molecular weight is 633 g/mol. The number of nitrogen functional groups attached to an aromatic ring is 1. The fourth-order valence-corrected chi connectivity index (χ4v) is 8.12. The lowest BCUT2D eigenvalue weighted by molar-refractivity contribution is -0.149. The molecule has 2 aromatic rings. The van der Waals surface area contributed by atoms with Crippen LogP contribution in [0, 0.1) is 0 Å². The van der Waals surface area contributed by atoms with Crippen LogP contribution in [0.15, 0.2) is 6.33 Å². The molecule has 2 aromatic heterocycles. The zero-order valence-corrected chi connectivity index (χ0v) is 25.0. The number of fused-ring (bicyclic) bond motifs is 1. The van der Waals surface area contributed by atoms with E-state index in [2.05, 4.69) is 30.7 Å². The maximum Gasteiger partial charge on any atom is 0.327 e. The Bertz CT molecular complexity index is 1410. The number of nitrogens with one attached hydrogen (secondary N) is 3. The number of ether oxygens (including phenoxy) is 3. The molecule has 7 N–H and O–H groups in total. The third-order valence-corrected chi connectivity index (χ3v) is 10.5. The number of rotatable bonds is 12. The van der Waals surface area contributed by atoms with Gasteiger partial charge < -0.3 is 40.0 Å². The summed E-state index contributed by atoms with van der Waals surface area (Å²) in [5.74, 6) is -1.53. The Balaban J connectivity index is 1.53. The second-order valence-electron chi connectivity index (χ2n) is 10.1. The molecule has 7 atom stereocenters. The molecule has 3 amide bonds. The average Bonchev–Trinajstić information content (AvgIpc) is 3.53. The second kappa shape index (κ2) is 12.3. The SMILES string of the molecule is COc1nc(N)nc2c1ncn2[C@@H]1O[C@H](CO[P@](=O)(N[C@@H](C)C(=O)OC(C)C)SC[C@@H]2NC(=O)NC2=O)[C@@H](O)[C@@]1(C)O. The molecule has 20 heteroatoms. The molecule has 2 aliphatic heterocycles. The standard InChI is InChI=1S/C22H33N8O10PS/c1-9(2)39-18(33)10(3)29-41(36,42-7-11-16(32)27-21(34)25-11)38-6-12-14(31)22(4,35)19(40-12)30-8-24-13-15(30)26-20(23)28-17(13)37-5/h8-12,14,19,31,35H,6-7H2,1-5H3,(H,29,36)(H2,23,26,28)(H2,25,27,32,34)/t10-,11-,12+,14+,19+,22+,41+/m0/s1. The first-order valence-corrected chi connectivity index (χ1v) is 16.0. The van der Waals surface area contributed by atoms with E-state index in [1.54, 1.807) is 13.8 Å². The lowest BCUT2D eigenvalue weighted by Gasteiger charge is -2.27. The van der Waals surface area contributed by atoms with Crippen LogP contribution in [0.3, 0.4) is 0 Å². The minimum absolute atomic E-state index is 0.0932. The highest BCUT2D eigenvalue weighted by Gasteiger charge is 2.54. The van der Waals surface area contributed by atoms with Crippen molar-refractivity contribution in [1.29, 1.82) is 0 Å². The molecule has 2 fully saturated rings.